The molecule has 0 aliphatic carbocycles. The number of thiocarbonyl (C=S) groups is 1. The normalized spacial score (nSPS) is 15.5. The van der Waals surface area contributed by atoms with E-state index in [-0.39, 0.29) is 10.7 Å². The lowest BCUT2D eigenvalue weighted by molar-refractivity contribution is -0.122. The van der Waals surface area contributed by atoms with Crippen molar-refractivity contribution in [2.45, 2.75) is 27.7 Å². The van der Waals surface area contributed by atoms with E-state index in [4.69, 9.17) is 12.2 Å². The van der Waals surface area contributed by atoms with Gasteiger partial charge in [0.05, 0.1) is 5.69 Å². The Labute approximate surface area is 200 Å². The number of carbonyl (C=O) groups excluding carboxylic acids is 2. The summed E-state index contributed by atoms with van der Waals surface area (Å²) in [5.74, 6) is -0.943. The number of amides is 2. The maximum atomic E-state index is 13.3. The van der Waals surface area contributed by atoms with Crippen LogP contribution in [0.15, 0.2) is 58.6 Å². The molecule has 0 saturated carbocycles. The molecule has 7 heteroatoms. The topological polar surface area (TPSA) is 54.3 Å². The number of nitrogens with one attached hydrogen (secondary N) is 1. The predicted octanol–water partition coefficient (Wildman–Crippen LogP) is 5.30. The molecule has 1 aliphatic rings. The van der Waals surface area contributed by atoms with E-state index < -0.39 is 11.8 Å². The third-order valence-corrected chi connectivity index (χ3v) is 6.23. The Kier molecular flexibility index (Phi) is 5.88. The molecular weight excluding hydrogens is 486 g/mol. The monoisotopic (exact) mass is 507 g/mol. The number of carbonyl (C=O) groups is 2. The molecule has 1 saturated heterocycles. The van der Waals surface area contributed by atoms with E-state index in [9.17, 15) is 9.59 Å². The minimum Gasteiger partial charge on any atom is -0.318 e. The van der Waals surface area contributed by atoms with E-state index in [1.165, 1.54) is 16.0 Å². The SMILES string of the molecule is Cc1cc(C)cc(-n2c(C)cc(C=C3C(=O)NC(=S)N(c4ccc(Br)cc4)C3=O)c2C)c1. The van der Waals surface area contributed by atoms with Crippen molar-refractivity contribution < 1.29 is 9.59 Å². The van der Waals surface area contributed by atoms with Crippen molar-refractivity contribution in [2.75, 3.05) is 4.90 Å². The summed E-state index contributed by atoms with van der Waals surface area (Å²) < 4.78 is 3.02. The lowest BCUT2D eigenvalue weighted by atomic mass is 10.1. The molecule has 0 spiro atoms. The molecule has 1 aliphatic heterocycles. The molecule has 3 aromatic rings. The molecule has 1 aromatic heterocycles. The van der Waals surface area contributed by atoms with Gasteiger partial charge in [0.2, 0.25) is 0 Å². The zero-order chi connectivity index (χ0) is 23.2. The van der Waals surface area contributed by atoms with Crippen molar-refractivity contribution in [3.05, 3.63) is 86.7 Å². The second-order valence-electron chi connectivity index (χ2n) is 7.94. The molecule has 0 unspecified atom stereocenters. The Bertz CT molecular complexity index is 1290. The first-order valence-corrected chi connectivity index (χ1v) is 11.3. The van der Waals surface area contributed by atoms with Gasteiger partial charge in [-0.3, -0.25) is 19.8 Å². The number of benzene rings is 2. The van der Waals surface area contributed by atoms with Crippen LogP contribution in [0.4, 0.5) is 5.69 Å². The predicted molar refractivity (Wildman–Crippen MR) is 135 cm³/mol. The Hall–Kier alpha value is -3.03. The van der Waals surface area contributed by atoms with Crippen LogP contribution in [0.3, 0.4) is 0 Å². The molecule has 4 rings (SSSR count). The molecule has 32 heavy (non-hydrogen) atoms. The second-order valence-corrected chi connectivity index (χ2v) is 9.24. The van der Waals surface area contributed by atoms with Gasteiger partial charge in [0.25, 0.3) is 11.8 Å². The molecule has 1 N–H and O–H groups in total. The smallest absolute Gasteiger partial charge is 0.270 e. The number of nitrogens with zero attached hydrogens (tertiary/aromatic N) is 2. The largest absolute Gasteiger partial charge is 0.318 e. The summed E-state index contributed by atoms with van der Waals surface area (Å²) in [6.45, 7) is 8.13. The molecule has 0 bridgehead atoms. The standard InChI is InChI=1S/C25H22BrN3O2S/c1-14-9-15(2)11-21(10-14)28-16(3)12-18(17(28)4)13-22-23(30)27-25(32)29(24(22)31)20-7-5-19(26)6-8-20/h5-13H,1-4H3,(H,27,30,32). The number of aromatic nitrogens is 1. The van der Waals surface area contributed by atoms with Crippen LogP contribution in [-0.2, 0) is 9.59 Å². The minimum atomic E-state index is -0.496. The van der Waals surface area contributed by atoms with Gasteiger partial charge in [-0.05, 0) is 105 Å². The third kappa shape index (κ3) is 4.06. The van der Waals surface area contributed by atoms with Crippen LogP contribution in [0.1, 0.15) is 28.1 Å². The quantitative estimate of drug-likeness (QED) is 0.297. The van der Waals surface area contributed by atoms with E-state index >= 15 is 0 Å². The zero-order valence-electron chi connectivity index (χ0n) is 18.2. The molecule has 2 heterocycles. The van der Waals surface area contributed by atoms with Gasteiger partial charge in [-0.2, -0.15) is 0 Å². The fourth-order valence-electron chi connectivity index (χ4n) is 4.05. The number of rotatable bonds is 3. The Balaban J connectivity index is 1.77. The van der Waals surface area contributed by atoms with Crippen molar-refractivity contribution >= 4 is 56.8 Å². The van der Waals surface area contributed by atoms with E-state index in [2.05, 4.69) is 57.9 Å². The van der Waals surface area contributed by atoms with E-state index in [1.807, 2.05) is 32.0 Å². The summed E-state index contributed by atoms with van der Waals surface area (Å²) in [7, 11) is 0. The number of hydrogen-bond acceptors (Lipinski definition) is 3. The highest BCUT2D eigenvalue weighted by molar-refractivity contribution is 9.10. The Morgan fingerprint density at radius 3 is 2.16 bits per heavy atom. The van der Waals surface area contributed by atoms with Gasteiger partial charge in [-0.25, -0.2) is 0 Å². The second kappa shape index (κ2) is 8.48. The highest BCUT2D eigenvalue weighted by Crippen LogP contribution is 2.27. The molecule has 0 radical (unpaired) electrons. The van der Waals surface area contributed by atoms with Gasteiger partial charge in [-0.15, -0.1) is 0 Å². The zero-order valence-corrected chi connectivity index (χ0v) is 20.6. The summed E-state index contributed by atoms with van der Waals surface area (Å²) in [5.41, 5.74) is 6.81. The average Bonchev–Trinajstić information content (AvgIpc) is 2.98. The molecule has 0 atom stereocenters. The Morgan fingerprint density at radius 1 is 0.906 bits per heavy atom. The van der Waals surface area contributed by atoms with Gasteiger partial charge >= 0.3 is 0 Å². The fraction of sp³-hybridized carbons (Fsp3) is 0.160. The number of anilines is 1. The van der Waals surface area contributed by atoms with Crippen molar-refractivity contribution in [1.82, 2.24) is 9.88 Å². The van der Waals surface area contributed by atoms with Crippen LogP contribution in [0.25, 0.3) is 11.8 Å². The molecule has 2 amide bonds. The summed E-state index contributed by atoms with van der Waals surface area (Å²) in [5, 5.41) is 2.71. The summed E-state index contributed by atoms with van der Waals surface area (Å²) in [6.07, 6.45) is 1.65. The first-order chi connectivity index (χ1) is 15.2. The first kappa shape index (κ1) is 22.2. The van der Waals surface area contributed by atoms with Gasteiger partial charge < -0.3 is 4.57 Å². The summed E-state index contributed by atoms with van der Waals surface area (Å²) >= 11 is 8.67. The van der Waals surface area contributed by atoms with E-state index in [1.54, 1.807) is 18.2 Å². The molecule has 1 fully saturated rings. The van der Waals surface area contributed by atoms with Crippen LogP contribution >= 0.6 is 28.1 Å². The fourth-order valence-corrected chi connectivity index (χ4v) is 4.59. The van der Waals surface area contributed by atoms with Gasteiger partial charge in [-0.1, -0.05) is 22.0 Å². The van der Waals surface area contributed by atoms with Crippen LogP contribution in [0.5, 0.6) is 0 Å². The summed E-state index contributed by atoms with van der Waals surface area (Å²) in [4.78, 5) is 27.3. The molecule has 5 nitrogen and oxygen atoms in total. The average molecular weight is 508 g/mol. The minimum absolute atomic E-state index is 0.0437. The highest BCUT2D eigenvalue weighted by atomic mass is 79.9. The maximum Gasteiger partial charge on any atom is 0.270 e. The van der Waals surface area contributed by atoms with Gasteiger partial charge in [0, 0.05) is 21.5 Å². The van der Waals surface area contributed by atoms with Crippen molar-refractivity contribution in [2.24, 2.45) is 0 Å². The Morgan fingerprint density at radius 2 is 1.53 bits per heavy atom. The maximum absolute atomic E-state index is 13.3. The van der Waals surface area contributed by atoms with Crippen molar-refractivity contribution in [1.29, 1.82) is 0 Å². The lowest BCUT2D eigenvalue weighted by Crippen LogP contribution is -2.54. The number of aryl methyl sites for hydroxylation is 3. The summed E-state index contributed by atoms with van der Waals surface area (Å²) in [6, 6.07) is 15.5. The van der Waals surface area contributed by atoms with Crippen LogP contribution in [-0.4, -0.2) is 21.5 Å². The third-order valence-electron chi connectivity index (χ3n) is 5.42. The van der Waals surface area contributed by atoms with Crippen LogP contribution in [0, 0.1) is 27.7 Å². The lowest BCUT2D eigenvalue weighted by Gasteiger charge is -2.29. The van der Waals surface area contributed by atoms with Crippen LogP contribution in [0.2, 0.25) is 0 Å². The number of halogens is 1. The van der Waals surface area contributed by atoms with Crippen molar-refractivity contribution in [3.8, 4) is 5.69 Å². The first-order valence-electron chi connectivity index (χ1n) is 10.1. The van der Waals surface area contributed by atoms with Gasteiger partial charge in [0.15, 0.2) is 5.11 Å². The van der Waals surface area contributed by atoms with Crippen LogP contribution < -0.4 is 10.2 Å². The highest BCUT2D eigenvalue weighted by Gasteiger charge is 2.34. The van der Waals surface area contributed by atoms with E-state index in [0.717, 1.165) is 27.1 Å². The number of hydrogen-bond donors (Lipinski definition) is 1. The molecule has 2 aromatic carbocycles. The molecular formula is C25H22BrN3O2S. The van der Waals surface area contributed by atoms with E-state index in [0.29, 0.717) is 5.69 Å². The van der Waals surface area contributed by atoms with Gasteiger partial charge in [0.1, 0.15) is 5.57 Å². The van der Waals surface area contributed by atoms with Crippen molar-refractivity contribution in [3.63, 3.8) is 0 Å². The molecule has 162 valence electrons.